The van der Waals surface area contributed by atoms with Gasteiger partial charge in [-0.05, 0) is 26.3 Å². The number of ether oxygens (including phenoxy) is 1. The van der Waals surface area contributed by atoms with Crippen molar-refractivity contribution in [3.8, 4) is 6.07 Å². The molecule has 2 rings (SSSR count). The molecule has 1 amide bonds. The maximum Gasteiger partial charge on any atom is 0.258 e. The van der Waals surface area contributed by atoms with Gasteiger partial charge in [-0.1, -0.05) is 0 Å². The summed E-state index contributed by atoms with van der Waals surface area (Å²) < 4.78 is 45.7. The van der Waals surface area contributed by atoms with Gasteiger partial charge >= 0.3 is 0 Å². The van der Waals surface area contributed by atoms with Crippen LogP contribution in [0, 0.1) is 28.8 Å². The molecule has 1 heterocycles. The molecule has 1 aromatic rings. The van der Waals surface area contributed by atoms with Crippen molar-refractivity contribution < 1.29 is 22.7 Å². The van der Waals surface area contributed by atoms with Crippen LogP contribution in [0.2, 0.25) is 0 Å². The Labute approximate surface area is 126 Å². The van der Waals surface area contributed by atoms with E-state index in [-0.39, 0.29) is 18.2 Å². The monoisotopic (exact) mass is 312 g/mol. The Morgan fingerprint density at radius 3 is 2.64 bits per heavy atom. The van der Waals surface area contributed by atoms with E-state index in [2.05, 4.69) is 0 Å². The summed E-state index contributed by atoms with van der Waals surface area (Å²) in [5, 5.41) is 9.18. The number of rotatable bonds is 5. The summed E-state index contributed by atoms with van der Waals surface area (Å²) in [6, 6.07) is 1.43. The molecule has 1 unspecified atom stereocenters. The van der Waals surface area contributed by atoms with Gasteiger partial charge in [0, 0.05) is 18.7 Å². The minimum Gasteiger partial charge on any atom is -0.379 e. The number of nitriles is 1. The Hall–Kier alpha value is -2.07. The number of carbonyl (C=O) groups is 1. The third-order valence-corrected chi connectivity index (χ3v) is 3.39. The van der Waals surface area contributed by atoms with Gasteiger partial charge in [-0.3, -0.25) is 4.79 Å². The number of benzene rings is 1. The van der Waals surface area contributed by atoms with Gasteiger partial charge in [0.05, 0.1) is 17.7 Å². The van der Waals surface area contributed by atoms with Crippen molar-refractivity contribution in [2.24, 2.45) is 0 Å². The van der Waals surface area contributed by atoms with Crippen LogP contribution in [0.5, 0.6) is 0 Å². The number of carbonyl (C=O) groups excluding carboxylic acids is 1. The molecule has 1 aromatic carbocycles. The molecule has 118 valence electrons. The SMILES string of the molecule is CC(C)OCCCN1C(=O)c2c(cc(F)c(F)c2F)C1C#N. The van der Waals surface area contributed by atoms with E-state index in [9.17, 15) is 23.2 Å². The summed E-state index contributed by atoms with van der Waals surface area (Å²) in [5.74, 6) is -5.45. The van der Waals surface area contributed by atoms with E-state index in [1.807, 2.05) is 19.9 Å². The fraction of sp³-hybridized carbons (Fsp3) is 0.467. The summed E-state index contributed by atoms with van der Waals surface area (Å²) in [7, 11) is 0. The first-order valence-corrected chi connectivity index (χ1v) is 6.88. The third kappa shape index (κ3) is 2.79. The lowest BCUT2D eigenvalue weighted by Crippen LogP contribution is -2.29. The van der Waals surface area contributed by atoms with E-state index in [4.69, 9.17) is 4.74 Å². The van der Waals surface area contributed by atoms with Crippen LogP contribution in [0.4, 0.5) is 13.2 Å². The van der Waals surface area contributed by atoms with Crippen molar-refractivity contribution in [3.05, 3.63) is 34.6 Å². The standard InChI is InChI=1S/C15H15F3N2O2/c1-8(2)22-5-3-4-20-11(7-19)9-6-10(16)13(17)14(18)12(9)15(20)21/h6,8,11H,3-5H2,1-2H3. The molecule has 7 heteroatoms. The van der Waals surface area contributed by atoms with E-state index in [1.54, 1.807) is 0 Å². The van der Waals surface area contributed by atoms with E-state index >= 15 is 0 Å². The van der Waals surface area contributed by atoms with Gasteiger partial charge in [-0.15, -0.1) is 0 Å². The zero-order valence-corrected chi connectivity index (χ0v) is 12.2. The molecule has 0 bridgehead atoms. The zero-order valence-electron chi connectivity index (χ0n) is 12.2. The predicted octanol–water partition coefficient (Wildman–Crippen LogP) is 2.94. The number of fused-ring (bicyclic) bond motifs is 1. The van der Waals surface area contributed by atoms with Crippen molar-refractivity contribution in [1.29, 1.82) is 5.26 Å². The van der Waals surface area contributed by atoms with Crippen LogP contribution in [0.15, 0.2) is 6.07 Å². The topological polar surface area (TPSA) is 53.3 Å². The molecular formula is C15H15F3N2O2. The Kier molecular flexibility index (Phi) is 4.71. The van der Waals surface area contributed by atoms with Gasteiger partial charge in [-0.2, -0.15) is 5.26 Å². The first-order valence-electron chi connectivity index (χ1n) is 6.88. The molecule has 1 aliphatic rings. The van der Waals surface area contributed by atoms with Gasteiger partial charge in [0.2, 0.25) is 0 Å². The normalized spacial score (nSPS) is 17.0. The van der Waals surface area contributed by atoms with Crippen LogP contribution in [-0.2, 0) is 4.74 Å². The van der Waals surface area contributed by atoms with Gasteiger partial charge in [-0.25, -0.2) is 13.2 Å². The molecule has 22 heavy (non-hydrogen) atoms. The first-order chi connectivity index (χ1) is 10.4. The van der Waals surface area contributed by atoms with Gasteiger partial charge in [0.25, 0.3) is 5.91 Å². The average Bonchev–Trinajstić information content (AvgIpc) is 2.72. The fourth-order valence-corrected chi connectivity index (χ4v) is 2.40. The molecule has 0 saturated carbocycles. The van der Waals surface area contributed by atoms with Crippen LogP contribution in [0.25, 0.3) is 0 Å². The molecule has 0 N–H and O–H groups in total. The lowest BCUT2D eigenvalue weighted by molar-refractivity contribution is 0.0610. The second-order valence-corrected chi connectivity index (χ2v) is 5.25. The van der Waals surface area contributed by atoms with Crippen LogP contribution in [-0.4, -0.2) is 30.1 Å². The lowest BCUT2D eigenvalue weighted by atomic mass is 10.0. The van der Waals surface area contributed by atoms with E-state index in [0.29, 0.717) is 19.1 Å². The fourth-order valence-electron chi connectivity index (χ4n) is 2.40. The third-order valence-electron chi connectivity index (χ3n) is 3.39. The van der Waals surface area contributed by atoms with Crippen molar-refractivity contribution >= 4 is 5.91 Å². The van der Waals surface area contributed by atoms with Crippen LogP contribution in [0.1, 0.15) is 42.2 Å². The van der Waals surface area contributed by atoms with E-state index in [0.717, 1.165) is 4.90 Å². The quantitative estimate of drug-likeness (QED) is 0.620. The molecule has 0 saturated heterocycles. The van der Waals surface area contributed by atoms with E-state index < -0.39 is 35.0 Å². The predicted molar refractivity (Wildman–Crippen MR) is 71.4 cm³/mol. The van der Waals surface area contributed by atoms with Crippen molar-refractivity contribution in [2.75, 3.05) is 13.2 Å². The average molecular weight is 312 g/mol. The molecule has 0 spiro atoms. The van der Waals surface area contributed by atoms with Crippen molar-refractivity contribution in [2.45, 2.75) is 32.4 Å². The molecule has 0 radical (unpaired) electrons. The highest BCUT2D eigenvalue weighted by Crippen LogP contribution is 2.36. The number of hydrogen-bond acceptors (Lipinski definition) is 3. The summed E-state index contributed by atoms with van der Waals surface area (Å²) in [6.45, 7) is 4.22. The van der Waals surface area contributed by atoms with Crippen LogP contribution < -0.4 is 0 Å². The molecular weight excluding hydrogens is 297 g/mol. The van der Waals surface area contributed by atoms with Gasteiger partial charge in [0.15, 0.2) is 17.5 Å². The van der Waals surface area contributed by atoms with Crippen LogP contribution in [0.3, 0.4) is 0 Å². The molecule has 0 aliphatic carbocycles. The van der Waals surface area contributed by atoms with Crippen molar-refractivity contribution in [1.82, 2.24) is 4.90 Å². The molecule has 1 atom stereocenters. The number of hydrogen-bond donors (Lipinski definition) is 0. The lowest BCUT2D eigenvalue weighted by Gasteiger charge is -2.20. The van der Waals surface area contributed by atoms with Crippen LogP contribution >= 0.6 is 0 Å². The number of halogens is 3. The Bertz CT molecular complexity index is 641. The molecule has 0 aromatic heterocycles. The first kappa shape index (κ1) is 16.3. The Morgan fingerprint density at radius 2 is 2.05 bits per heavy atom. The summed E-state index contributed by atoms with van der Waals surface area (Å²) >= 11 is 0. The largest absolute Gasteiger partial charge is 0.379 e. The minimum atomic E-state index is -1.70. The van der Waals surface area contributed by atoms with E-state index in [1.165, 1.54) is 0 Å². The van der Waals surface area contributed by atoms with Gasteiger partial charge in [0.1, 0.15) is 6.04 Å². The second kappa shape index (κ2) is 6.36. The molecule has 0 fully saturated rings. The number of nitrogens with zero attached hydrogens (tertiary/aromatic N) is 2. The summed E-state index contributed by atoms with van der Waals surface area (Å²) in [5.41, 5.74) is -0.691. The number of amides is 1. The van der Waals surface area contributed by atoms with Gasteiger partial charge < -0.3 is 9.64 Å². The Balaban J connectivity index is 2.23. The summed E-state index contributed by atoms with van der Waals surface area (Å²) in [6.07, 6.45) is 0.460. The highest BCUT2D eigenvalue weighted by molar-refractivity contribution is 6.00. The maximum atomic E-state index is 13.8. The highest BCUT2D eigenvalue weighted by atomic mass is 19.2. The zero-order chi connectivity index (χ0) is 16.4. The molecule has 1 aliphatic heterocycles. The minimum absolute atomic E-state index is 0.0267. The van der Waals surface area contributed by atoms with Crippen molar-refractivity contribution in [3.63, 3.8) is 0 Å². The Morgan fingerprint density at radius 1 is 1.36 bits per heavy atom. The smallest absolute Gasteiger partial charge is 0.258 e. The molecule has 4 nitrogen and oxygen atoms in total. The summed E-state index contributed by atoms with van der Waals surface area (Å²) in [4.78, 5) is 13.3. The maximum absolute atomic E-state index is 13.8. The highest BCUT2D eigenvalue weighted by Gasteiger charge is 2.40. The second-order valence-electron chi connectivity index (χ2n) is 5.25.